The van der Waals surface area contributed by atoms with E-state index < -0.39 is 11.6 Å². The SMILES string of the molecule is C=C1CCCC2=C1[C@H](C)C[C@H](C)[C@@]2(C)CC1=C(O)C(NC[C@@H](C)CC)=CC(=O)C1=O. The molecule has 0 spiro atoms. The van der Waals surface area contributed by atoms with E-state index in [2.05, 4.69) is 46.5 Å². The summed E-state index contributed by atoms with van der Waals surface area (Å²) in [6, 6.07) is 0. The van der Waals surface area contributed by atoms with Gasteiger partial charge in [-0.15, -0.1) is 0 Å². The lowest BCUT2D eigenvalue weighted by Gasteiger charge is -2.48. The first-order valence-electron chi connectivity index (χ1n) is 11.5. The van der Waals surface area contributed by atoms with Gasteiger partial charge in [0.25, 0.3) is 0 Å². The van der Waals surface area contributed by atoms with Crippen molar-refractivity contribution in [3.05, 3.63) is 46.4 Å². The van der Waals surface area contributed by atoms with Crippen LogP contribution in [0.5, 0.6) is 0 Å². The Morgan fingerprint density at radius 3 is 2.67 bits per heavy atom. The predicted octanol–water partition coefficient (Wildman–Crippen LogP) is 5.58. The second-order valence-electron chi connectivity index (χ2n) is 9.95. The van der Waals surface area contributed by atoms with Crippen molar-refractivity contribution in [1.29, 1.82) is 0 Å². The van der Waals surface area contributed by atoms with Crippen molar-refractivity contribution in [2.24, 2.45) is 23.2 Å². The number of allylic oxidation sites excluding steroid dienone is 5. The van der Waals surface area contributed by atoms with E-state index in [1.807, 2.05) is 0 Å². The highest BCUT2D eigenvalue weighted by Crippen LogP contribution is 2.55. The lowest BCUT2D eigenvalue weighted by molar-refractivity contribution is -0.132. The number of rotatable bonds is 6. The number of ketones is 2. The van der Waals surface area contributed by atoms with Gasteiger partial charge in [0.1, 0.15) is 5.76 Å². The molecule has 3 aliphatic carbocycles. The molecular formula is C26H37NO3. The molecule has 0 bridgehead atoms. The molecule has 3 aliphatic rings. The number of hydrogen-bond donors (Lipinski definition) is 2. The fourth-order valence-corrected chi connectivity index (χ4v) is 5.47. The molecule has 0 radical (unpaired) electrons. The zero-order valence-electron chi connectivity index (χ0n) is 19.2. The number of aliphatic hydroxyl groups is 1. The Labute approximate surface area is 181 Å². The summed E-state index contributed by atoms with van der Waals surface area (Å²) in [7, 11) is 0. The Hall–Kier alpha value is -2.10. The highest BCUT2D eigenvalue weighted by molar-refractivity contribution is 6.48. The first kappa shape index (κ1) is 22.6. The van der Waals surface area contributed by atoms with Crippen LogP contribution >= 0.6 is 0 Å². The number of carbonyl (C=O) groups excluding carboxylic acids is 2. The summed E-state index contributed by atoms with van der Waals surface area (Å²) < 4.78 is 0. The van der Waals surface area contributed by atoms with Gasteiger partial charge in [0, 0.05) is 18.2 Å². The third-order valence-electron chi connectivity index (χ3n) is 7.78. The van der Waals surface area contributed by atoms with Crippen LogP contribution in [0, 0.1) is 23.2 Å². The van der Waals surface area contributed by atoms with Gasteiger partial charge >= 0.3 is 0 Å². The first-order valence-corrected chi connectivity index (χ1v) is 11.5. The molecule has 0 amide bonds. The molecule has 4 atom stereocenters. The predicted molar refractivity (Wildman–Crippen MR) is 121 cm³/mol. The standard InChI is InChI=1S/C26H37NO3/c1-7-15(2)14-27-21-12-22(28)25(30)19(24(21)29)13-26(6)18(5)11-17(4)23-16(3)9-8-10-20(23)26/h12,15,17-18,27,29H,3,7-11,13-14H2,1-2,4-6H3/t15-,17+,18-,26+/m0/s1. The Balaban J connectivity index is 1.99. The summed E-state index contributed by atoms with van der Waals surface area (Å²) in [4.78, 5) is 25.3. The van der Waals surface area contributed by atoms with E-state index >= 15 is 0 Å². The number of hydrogen-bond acceptors (Lipinski definition) is 4. The van der Waals surface area contributed by atoms with E-state index in [9.17, 15) is 14.7 Å². The van der Waals surface area contributed by atoms with E-state index in [0.29, 0.717) is 36.4 Å². The molecular weight excluding hydrogens is 374 g/mol. The molecule has 4 heteroatoms. The summed E-state index contributed by atoms with van der Waals surface area (Å²) in [5.41, 5.74) is 4.38. The minimum Gasteiger partial charge on any atom is -0.505 e. The topological polar surface area (TPSA) is 66.4 Å². The van der Waals surface area contributed by atoms with Crippen LogP contribution in [0.25, 0.3) is 0 Å². The summed E-state index contributed by atoms with van der Waals surface area (Å²) in [6.07, 6.45) is 6.79. The van der Waals surface area contributed by atoms with Gasteiger partial charge in [-0.25, -0.2) is 0 Å². The van der Waals surface area contributed by atoms with Gasteiger partial charge < -0.3 is 10.4 Å². The molecule has 4 nitrogen and oxygen atoms in total. The Morgan fingerprint density at radius 1 is 1.30 bits per heavy atom. The van der Waals surface area contributed by atoms with Gasteiger partial charge in [-0.3, -0.25) is 9.59 Å². The maximum Gasteiger partial charge on any atom is 0.232 e. The summed E-state index contributed by atoms with van der Waals surface area (Å²) in [5, 5.41) is 14.2. The van der Waals surface area contributed by atoms with Crippen LogP contribution in [0.15, 0.2) is 46.4 Å². The van der Waals surface area contributed by atoms with Gasteiger partial charge in [-0.2, -0.15) is 0 Å². The van der Waals surface area contributed by atoms with Crippen LogP contribution in [0.1, 0.15) is 73.1 Å². The quantitative estimate of drug-likeness (QED) is 0.442. The molecule has 0 fully saturated rings. The highest BCUT2D eigenvalue weighted by atomic mass is 16.3. The molecule has 0 saturated carbocycles. The Bertz CT molecular complexity index is 860. The Morgan fingerprint density at radius 2 is 2.00 bits per heavy atom. The summed E-state index contributed by atoms with van der Waals surface area (Å²) in [5.74, 6) is 0.0695. The second kappa shape index (κ2) is 8.56. The molecule has 30 heavy (non-hydrogen) atoms. The molecule has 0 heterocycles. The molecule has 0 aliphatic heterocycles. The van der Waals surface area contributed by atoms with E-state index in [1.54, 1.807) is 0 Å². The van der Waals surface area contributed by atoms with E-state index in [4.69, 9.17) is 0 Å². The van der Waals surface area contributed by atoms with Crippen LogP contribution in [0.4, 0.5) is 0 Å². The van der Waals surface area contributed by atoms with E-state index in [1.165, 1.54) is 22.8 Å². The van der Waals surface area contributed by atoms with Crippen molar-refractivity contribution in [3.8, 4) is 0 Å². The van der Waals surface area contributed by atoms with Crippen molar-refractivity contribution < 1.29 is 14.7 Å². The maximum absolute atomic E-state index is 12.8. The smallest absolute Gasteiger partial charge is 0.232 e. The molecule has 0 saturated heterocycles. The van der Waals surface area contributed by atoms with Gasteiger partial charge in [0.2, 0.25) is 11.6 Å². The van der Waals surface area contributed by atoms with E-state index in [-0.39, 0.29) is 16.7 Å². The van der Waals surface area contributed by atoms with Crippen molar-refractivity contribution in [3.63, 3.8) is 0 Å². The van der Waals surface area contributed by atoms with Crippen molar-refractivity contribution >= 4 is 11.6 Å². The summed E-state index contributed by atoms with van der Waals surface area (Å²) in [6.45, 7) is 15.9. The largest absolute Gasteiger partial charge is 0.505 e. The zero-order chi connectivity index (χ0) is 22.2. The molecule has 0 aromatic rings. The van der Waals surface area contributed by atoms with Crippen molar-refractivity contribution in [1.82, 2.24) is 5.32 Å². The number of Topliss-reactive ketones (excluding diaryl/α,β-unsaturated/α-hetero) is 1. The van der Waals surface area contributed by atoms with Gasteiger partial charge in [0.05, 0.1) is 5.70 Å². The highest BCUT2D eigenvalue weighted by Gasteiger charge is 2.46. The second-order valence-corrected chi connectivity index (χ2v) is 9.95. The lowest BCUT2D eigenvalue weighted by Crippen LogP contribution is -2.39. The maximum atomic E-state index is 12.8. The van der Waals surface area contributed by atoms with Crippen LogP contribution in [-0.4, -0.2) is 23.2 Å². The van der Waals surface area contributed by atoms with Crippen LogP contribution < -0.4 is 5.32 Å². The number of carbonyl (C=O) groups is 2. The van der Waals surface area contributed by atoms with Gasteiger partial charge in [-0.1, -0.05) is 58.8 Å². The molecule has 2 N–H and O–H groups in total. The molecule has 3 rings (SSSR count). The van der Waals surface area contributed by atoms with Crippen LogP contribution in [0.3, 0.4) is 0 Å². The average Bonchev–Trinajstić information content (AvgIpc) is 2.71. The van der Waals surface area contributed by atoms with Gasteiger partial charge in [0.15, 0.2) is 0 Å². The monoisotopic (exact) mass is 411 g/mol. The Kier molecular flexibility index (Phi) is 6.45. The minimum atomic E-state index is -0.564. The van der Waals surface area contributed by atoms with Crippen LogP contribution in [-0.2, 0) is 9.59 Å². The number of nitrogens with one attached hydrogen (secondary N) is 1. The first-order chi connectivity index (χ1) is 14.1. The van der Waals surface area contributed by atoms with Gasteiger partial charge in [-0.05, 0) is 60.8 Å². The normalized spacial score (nSPS) is 31.0. The molecule has 0 aromatic heterocycles. The average molecular weight is 412 g/mol. The summed E-state index contributed by atoms with van der Waals surface area (Å²) >= 11 is 0. The van der Waals surface area contributed by atoms with Crippen molar-refractivity contribution in [2.45, 2.75) is 73.1 Å². The molecule has 164 valence electrons. The fraction of sp³-hybridized carbons (Fsp3) is 0.615. The van der Waals surface area contributed by atoms with Crippen LogP contribution in [0.2, 0.25) is 0 Å². The minimum absolute atomic E-state index is 0.0493. The zero-order valence-corrected chi connectivity index (χ0v) is 19.2. The lowest BCUT2D eigenvalue weighted by atomic mass is 9.56. The third kappa shape index (κ3) is 3.93. The molecule has 0 unspecified atom stereocenters. The fourth-order valence-electron chi connectivity index (χ4n) is 5.47. The molecule has 0 aromatic carbocycles. The number of aliphatic hydroxyl groups excluding tert-OH is 1. The van der Waals surface area contributed by atoms with E-state index in [0.717, 1.165) is 32.1 Å². The third-order valence-corrected chi connectivity index (χ3v) is 7.78. The van der Waals surface area contributed by atoms with Crippen molar-refractivity contribution in [2.75, 3.05) is 6.54 Å².